The standard InChI is InChI=1S/C47H43N3O6S3/c1-29(11-8-9-18-41(51)52)49-45(56)43(59-47(49)57)46-48(28-42(53)54)44(55)40(58-46)27-31-21-24-39-37(26-31)35-16-10-17-38(35)50(39)34-22-19-30(20-23-34)25-36(32-12-4-2-5-13-32)33-14-6-3-7-15-33/h2-7,12-15,19-27,29,35,38H,8-11,16-18,28H2,1H3,(H,51,52)(H,53,54)/b40-27-,46-43+. The third kappa shape index (κ3) is 8.35. The van der Waals surface area contributed by atoms with Crippen LogP contribution in [-0.2, 0) is 20.9 Å². The third-order valence-electron chi connectivity index (χ3n) is 11.4. The van der Waals surface area contributed by atoms with E-state index < -0.39 is 24.0 Å². The molecule has 1 saturated carbocycles. The molecule has 300 valence electrons. The quantitative estimate of drug-likeness (QED) is 0.0687. The molecule has 0 bridgehead atoms. The Bertz CT molecular complexity index is 2610. The third-order valence-corrected chi connectivity index (χ3v) is 14.0. The highest BCUT2D eigenvalue weighted by Crippen LogP contribution is 2.52. The van der Waals surface area contributed by atoms with E-state index in [1.165, 1.54) is 10.5 Å². The highest BCUT2D eigenvalue weighted by molar-refractivity contribution is 8.30. The Morgan fingerprint density at radius 2 is 1.54 bits per heavy atom. The SMILES string of the molecule is CC(CCCCC(=O)O)N1C(=O)/C(=c2\s/c(=C\c3ccc4c(c3)C3CCCC3N4c3ccc(C=C(c4ccccc4)c4ccccc4)cc3)c(=O)n2CC(=O)O)SC1=S. The van der Waals surface area contributed by atoms with E-state index in [1.807, 2.05) is 25.1 Å². The summed E-state index contributed by atoms with van der Waals surface area (Å²) in [5.74, 6) is -2.10. The number of benzene rings is 4. The van der Waals surface area contributed by atoms with Crippen LogP contribution in [-0.4, -0.2) is 53.9 Å². The second-order valence-corrected chi connectivity index (χ2v) is 17.9. The van der Waals surface area contributed by atoms with Crippen LogP contribution in [0.4, 0.5) is 11.4 Å². The summed E-state index contributed by atoms with van der Waals surface area (Å²) < 4.78 is 2.09. The van der Waals surface area contributed by atoms with Crippen molar-refractivity contribution in [1.29, 1.82) is 0 Å². The zero-order valence-corrected chi connectivity index (χ0v) is 34.9. The van der Waals surface area contributed by atoms with Gasteiger partial charge in [-0.05, 0) is 102 Å². The summed E-state index contributed by atoms with van der Waals surface area (Å²) in [5.41, 5.74) is 8.46. The van der Waals surface area contributed by atoms with E-state index in [9.17, 15) is 24.3 Å². The fourth-order valence-electron chi connectivity index (χ4n) is 8.62. The monoisotopic (exact) mass is 841 g/mol. The number of rotatable bonds is 13. The average Bonchev–Trinajstić information content (AvgIpc) is 3.98. The van der Waals surface area contributed by atoms with Crippen molar-refractivity contribution in [3.8, 4) is 0 Å². The summed E-state index contributed by atoms with van der Waals surface area (Å²) in [5, 5.41) is 18.8. The molecule has 1 aliphatic carbocycles. The molecule has 59 heavy (non-hydrogen) atoms. The van der Waals surface area contributed by atoms with E-state index in [4.69, 9.17) is 17.3 Å². The second kappa shape index (κ2) is 17.3. The minimum absolute atomic E-state index is 0.0507. The lowest BCUT2D eigenvalue weighted by Crippen LogP contribution is -2.38. The maximum atomic E-state index is 13.9. The molecular formula is C47H43N3O6S3. The number of amides is 1. The number of carbonyl (C=O) groups excluding carboxylic acids is 1. The number of hydrogen-bond acceptors (Lipinski definition) is 8. The van der Waals surface area contributed by atoms with Crippen LogP contribution in [0.5, 0.6) is 0 Å². The molecule has 2 fully saturated rings. The van der Waals surface area contributed by atoms with Gasteiger partial charge in [-0.25, -0.2) is 0 Å². The molecule has 3 atom stereocenters. The van der Waals surface area contributed by atoms with Crippen molar-refractivity contribution >= 4 is 91.5 Å². The van der Waals surface area contributed by atoms with Gasteiger partial charge in [0.1, 0.15) is 20.4 Å². The van der Waals surface area contributed by atoms with Crippen LogP contribution in [0.3, 0.4) is 0 Å². The molecule has 9 nitrogen and oxygen atoms in total. The van der Waals surface area contributed by atoms with Crippen molar-refractivity contribution in [1.82, 2.24) is 9.47 Å². The molecule has 1 saturated heterocycles. The van der Waals surface area contributed by atoms with Crippen LogP contribution in [0.25, 0.3) is 22.6 Å². The topological polar surface area (TPSA) is 120 Å². The van der Waals surface area contributed by atoms with Crippen LogP contribution in [0.15, 0.2) is 108 Å². The van der Waals surface area contributed by atoms with E-state index in [0.29, 0.717) is 40.1 Å². The Hall–Kier alpha value is -5.56. The van der Waals surface area contributed by atoms with E-state index in [2.05, 4.69) is 95.9 Å². The largest absolute Gasteiger partial charge is 0.481 e. The molecule has 3 heterocycles. The van der Waals surface area contributed by atoms with Crippen molar-refractivity contribution in [2.45, 2.75) is 76.4 Å². The summed E-state index contributed by atoms with van der Waals surface area (Å²) in [6.45, 7) is 1.27. The minimum Gasteiger partial charge on any atom is -0.481 e. The average molecular weight is 842 g/mol. The summed E-state index contributed by atoms with van der Waals surface area (Å²) in [6, 6.07) is 36.0. The van der Waals surface area contributed by atoms with Crippen LogP contribution < -0.4 is 19.7 Å². The molecule has 3 aliphatic rings. The zero-order chi connectivity index (χ0) is 41.2. The Balaban J connectivity index is 1.10. The number of thiazole rings is 1. The lowest BCUT2D eigenvalue weighted by Gasteiger charge is -2.27. The Labute approximate surface area is 355 Å². The van der Waals surface area contributed by atoms with E-state index in [-0.39, 0.29) is 27.9 Å². The van der Waals surface area contributed by atoms with Gasteiger partial charge < -0.3 is 15.1 Å². The summed E-state index contributed by atoms with van der Waals surface area (Å²) in [4.78, 5) is 54.8. The van der Waals surface area contributed by atoms with E-state index in [1.54, 1.807) is 6.08 Å². The first-order chi connectivity index (χ1) is 28.6. The van der Waals surface area contributed by atoms with Gasteiger partial charge in [-0.2, -0.15) is 0 Å². The molecule has 0 radical (unpaired) electrons. The molecule has 12 heteroatoms. The number of carbonyl (C=O) groups is 3. The normalized spacial score (nSPS) is 18.9. The van der Waals surface area contributed by atoms with E-state index >= 15 is 0 Å². The van der Waals surface area contributed by atoms with Crippen molar-refractivity contribution in [3.05, 3.63) is 150 Å². The summed E-state index contributed by atoms with van der Waals surface area (Å²) in [6.07, 6.45) is 9.00. The predicted octanol–water partition coefficient (Wildman–Crippen LogP) is 8.20. The molecule has 3 unspecified atom stereocenters. The molecule has 8 rings (SSSR count). The maximum Gasteiger partial charge on any atom is 0.323 e. The number of carboxylic acid groups (broad SMARTS) is 2. The lowest BCUT2D eigenvalue weighted by atomic mass is 9.95. The zero-order valence-electron chi connectivity index (χ0n) is 32.5. The van der Waals surface area contributed by atoms with Crippen molar-refractivity contribution in [2.24, 2.45) is 0 Å². The number of unbranched alkanes of at least 4 members (excludes halogenated alkanes) is 1. The fraction of sp³-hybridized carbons (Fsp3) is 0.255. The van der Waals surface area contributed by atoms with Gasteiger partial charge in [-0.3, -0.25) is 28.6 Å². The van der Waals surface area contributed by atoms with E-state index in [0.717, 1.165) is 86.1 Å². The maximum absolute atomic E-state index is 13.9. The van der Waals surface area contributed by atoms with Crippen LogP contribution in [0, 0.1) is 0 Å². The Kier molecular flexibility index (Phi) is 11.8. The molecule has 5 aromatic rings. The molecule has 2 N–H and O–H groups in total. The first-order valence-corrected chi connectivity index (χ1v) is 21.9. The van der Waals surface area contributed by atoms with Gasteiger partial charge in [0.25, 0.3) is 11.5 Å². The van der Waals surface area contributed by atoms with Gasteiger partial charge in [0, 0.05) is 35.8 Å². The van der Waals surface area contributed by atoms with Crippen molar-refractivity contribution in [3.63, 3.8) is 0 Å². The smallest absolute Gasteiger partial charge is 0.323 e. The molecular weight excluding hydrogens is 799 g/mol. The lowest BCUT2D eigenvalue weighted by molar-refractivity contribution is -0.138. The molecule has 4 aromatic carbocycles. The Morgan fingerprint density at radius 1 is 0.864 bits per heavy atom. The number of anilines is 2. The number of carboxylic acids is 2. The van der Waals surface area contributed by atoms with Gasteiger partial charge >= 0.3 is 11.9 Å². The van der Waals surface area contributed by atoms with Gasteiger partial charge in [-0.15, -0.1) is 11.3 Å². The highest BCUT2D eigenvalue weighted by Gasteiger charge is 2.42. The van der Waals surface area contributed by atoms with Crippen LogP contribution >= 0.6 is 35.3 Å². The summed E-state index contributed by atoms with van der Waals surface area (Å²) in [7, 11) is 0. The number of thioether (sulfide) groups is 1. The number of hydrogen-bond donors (Lipinski definition) is 2. The number of nitrogens with zero attached hydrogens (tertiary/aromatic N) is 3. The predicted molar refractivity (Wildman–Crippen MR) is 240 cm³/mol. The first-order valence-electron chi connectivity index (χ1n) is 19.9. The molecule has 2 aliphatic heterocycles. The van der Waals surface area contributed by atoms with Crippen LogP contribution in [0.1, 0.15) is 85.6 Å². The van der Waals surface area contributed by atoms with Gasteiger partial charge in [0.05, 0.1) is 4.53 Å². The number of thiocarbonyl (C=S) groups is 1. The molecule has 0 spiro atoms. The van der Waals surface area contributed by atoms with Gasteiger partial charge in [-0.1, -0.05) is 116 Å². The fourth-order valence-corrected chi connectivity index (χ4v) is 11.3. The number of aromatic nitrogens is 1. The molecule has 1 amide bonds. The minimum atomic E-state index is -1.19. The highest BCUT2D eigenvalue weighted by atomic mass is 32.2. The van der Waals surface area contributed by atoms with Crippen molar-refractivity contribution < 1.29 is 24.6 Å². The number of aliphatic carboxylic acids is 2. The number of fused-ring (bicyclic) bond motifs is 3. The van der Waals surface area contributed by atoms with Gasteiger partial charge in [0.15, 0.2) is 0 Å². The Morgan fingerprint density at radius 3 is 2.20 bits per heavy atom. The van der Waals surface area contributed by atoms with Crippen LogP contribution in [0.2, 0.25) is 0 Å². The summed E-state index contributed by atoms with van der Waals surface area (Å²) >= 11 is 7.77. The second-order valence-electron chi connectivity index (χ2n) is 15.2. The van der Waals surface area contributed by atoms with Crippen molar-refractivity contribution in [2.75, 3.05) is 4.90 Å². The van der Waals surface area contributed by atoms with Gasteiger partial charge in [0.2, 0.25) is 0 Å². The first kappa shape index (κ1) is 40.2. The molecule has 1 aromatic heterocycles.